The number of esters is 1. The molecule has 1 saturated carbocycles. The molecule has 3 rings (SSSR count). The van der Waals surface area contributed by atoms with Gasteiger partial charge in [-0.05, 0) is 40.4 Å². The summed E-state index contributed by atoms with van der Waals surface area (Å²) >= 11 is 3.34. The molecule has 0 spiro atoms. The average molecular weight is 491 g/mol. The van der Waals surface area contributed by atoms with E-state index in [0.29, 0.717) is 27.6 Å². The second-order valence-electron chi connectivity index (χ2n) is 7.17. The van der Waals surface area contributed by atoms with Gasteiger partial charge in [-0.25, -0.2) is 4.79 Å². The number of carbonyl (C=O) groups is 3. The van der Waals surface area contributed by atoms with Crippen LogP contribution in [-0.2, 0) is 14.3 Å². The third-order valence-electron chi connectivity index (χ3n) is 4.93. The molecule has 31 heavy (non-hydrogen) atoms. The molecule has 8 nitrogen and oxygen atoms in total. The highest BCUT2D eigenvalue weighted by molar-refractivity contribution is 9.10. The van der Waals surface area contributed by atoms with E-state index in [4.69, 9.17) is 14.2 Å². The van der Waals surface area contributed by atoms with Crippen molar-refractivity contribution in [2.45, 2.75) is 13.3 Å². The molecular formula is C22H23BrN2O6. The molecule has 0 heterocycles. The van der Waals surface area contributed by atoms with E-state index >= 15 is 0 Å². The zero-order valence-corrected chi connectivity index (χ0v) is 18.9. The summed E-state index contributed by atoms with van der Waals surface area (Å²) in [6.45, 7) is 1.49. The average Bonchev–Trinajstić information content (AvgIpc) is 3.50. The molecule has 9 heteroatoms. The van der Waals surface area contributed by atoms with Gasteiger partial charge in [0.15, 0.2) is 18.1 Å². The van der Waals surface area contributed by atoms with E-state index in [1.165, 1.54) is 26.4 Å². The third kappa shape index (κ3) is 5.55. The highest BCUT2D eigenvalue weighted by atomic mass is 79.9. The Bertz CT molecular complexity index is 1010. The van der Waals surface area contributed by atoms with Crippen LogP contribution in [-0.4, -0.2) is 38.6 Å². The summed E-state index contributed by atoms with van der Waals surface area (Å²) in [6, 6.07) is 9.99. The van der Waals surface area contributed by atoms with Crippen molar-refractivity contribution in [2.75, 3.05) is 31.5 Å². The molecule has 2 N–H and O–H groups in total. The molecule has 164 valence electrons. The van der Waals surface area contributed by atoms with Crippen molar-refractivity contribution in [2.24, 2.45) is 11.8 Å². The van der Waals surface area contributed by atoms with Gasteiger partial charge in [-0.15, -0.1) is 0 Å². The van der Waals surface area contributed by atoms with E-state index in [-0.39, 0.29) is 23.1 Å². The lowest BCUT2D eigenvalue weighted by atomic mass is 10.1. The Kier molecular flexibility index (Phi) is 7.17. The van der Waals surface area contributed by atoms with E-state index in [2.05, 4.69) is 26.6 Å². The number of amides is 2. The van der Waals surface area contributed by atoms with Crippen molar-refractivity contribution in [1.29, 1.82) is 0 Å². The minimum Gasteiger partial charge on any atom is -0.493 e. The molecule has 2 atom stereocenters. The normalized spacial score (nSPS) is 16.8. The van der Waals surface area contributed by atoms with Crippen molar-refractivity contribution < 1.29 is 28.6 Å². The predicted octanol–water partition coefficient (Wildman–Crippen LogP) is 3.86. The number of anilines is 2. The Morgan fingerprint density at radius 2 is 1.68 bits per heavy atom. The maximum absolute atomic E-state index is 12.7. The maximum atomic E-state index is 12.7. The smallest absolute Gasteiger partial charge is 0.340 e. The maximum Gasteiger partial charge on any atom is 0.340 e. The second-order valence-corrected chi connectivity index (χ2v) is 8.02. The standard InChI is InChI=1S/C22H23BrN2O6/c1-12-8-13(12)21(27)25-17-10-19(30-3)18(29-2)9-14(17)22(28)31-11-20(26)24-16-7-5-4-6-15(16)23/h4-7,9-10,12-13H,8,11H2,1-3H3,(H,24,26)(H,25,27). The Labute approximate surface area is 188 Å². The van der Waals surface area contributed by atoms with E-state index in [1.807, 2.05) is 13.0 Å². The van der Waals surface area contributed by atoms with Gasteiger partial charge in [0.1, 0.15) is 0 Å². The lowest BCUT2D eigenvalue weighted by Crippen LogP contribution is -2.22. The lowest BCUT2D eigenvalue weighted by molar-refractivity contribution is -0.119. The monoisotopic (exact) mass is 490 g/mol. The number of para-hydroxylation sites is 1. The molecule has 1 fully saturated rings. The van der Waals surface area contributed by atoms with E-state index in [9.17, 15) is 14.4 Å². The van der Waals surface area contributed by atoms with Crippen LogP contribution in [0.5, 0.6) is 11.5 Å². The molecule has 2 aromatic carbocycles. The van der Waals surface area contributed by atoms with Crippen LogP contribution in [0.4, 0.5) is 11.4 Å². The molecule has 2 unspecified atom stereocenters. The second kappa shape index (κ2) is 9.82. The molecule has 0 aliphatic heterocycles. The largest absolute Gasteiger partial charge is 0.493 e. The van der Waals surface area contributed by atoms with Gasteiger partial charge in [0.2, 0.25) is 5.91 Å². The number of halogens is 1. The van der Waals surface area contributed by atoms with Crippen LogP contribution < -0.4 is 20.1 Å². The number of nitrogens with one attached hydrogen (secondary N) is 2. The molecule has 0 radical (unpaired) electrons. The molecule has 0 bridgehead atoms. The highest BCUT2D eigenvalue weighted by Crippen LogP contribution is 2.40. The van der Waals surface area contributed by atoms with Gasteiger partial charge in [0.25, 0.3) is 5.91 Å². The van der Waals surface area contributed by atoms with Gasteiger partial charge in [-0.1, -0.05) is 19.1 Å². The Balaban J connectivity index is 1.74. The fraction of sp³-hybridized carbons (Fsp3) is 0.318. The number of carbonyl (C=O) groups excluding carboxylic acids is 3. The number of methoxy groups -OCH3 is 2. The lowest BCUT2D eigenvalue weighted by Gasteiger charge is -2.15. The summed E-state index contributed by atoms with van der Waals surface area (Å²) in [6.07, 6.45) is 0.800. The molecule has 0 aromatic heterocycles. The summed E-state index contributed by atoms with van der Waals surface area (Å²) in [5.74, 6) is -0.598. The van der Waals surface area contributed by atoms with Crippen molar-refractivity contribution in [3.63, 3.8) is 0 Å². The van der Waals surface area contributed by atoms with Gasteiger partial charge in [0, 0.05) is 22.5 Å². The zero-order valence-electron chi connectivity index (χ0n) is 17.4. The van der Waals surface area contributed by atoms with E-state index < -0.39 is 18.5 Å². The molecule has 0 saturated heterocycles. The van der Waals surface area contributed by atoms with E-state index in [0.717, 1.165) is 6.42 Å². The Hall–Kier alpha value is -3.07. The minimum absolute atomic E-state index is 0.0630. The predicted molar refractivity (Wildman–Crippen MR) is 119 cm³/mol. The van der Waals surface area contributed by atoms with Crippen molar-refractivity contribution in [3.05, 3.63) is 46.4 Å². The fourth-order valence-corrected chi connectivity index (χ4v) is 3.41. The SMILES string of the molecule is COc1cc(NC(=O)C2CC2C)c(C(=O)OCC(=O)Nc2ccccc2Br)cc1OC. The Morgan fingerprint density at radius 1 is 1.03 bits per heavy atom. The zero-order chi connectivity index (χ0) is 22.5. The number of hydrogen-bond donors (Lipinski definition) is 2. The van der Waals surface area contributed by atoms with Crippen LogP contribution in [0, 0.1) is 11.8 Å². The summed E-state index contributed by atoms with van der Waals surface area (Å²) in [7, 11) is 2.89. The first-order valence-corrected chi connectivity index (χ1v) is 10.4. The first-order valence-electron chi connectivity index (χ1n) is 9.62. The highest BCUT2D eigenvalue weighted by Gasteiger charge is 2.39. The van der Waals surface area contributed by atoms with Crippen LogP contribution in [0.3, 0.4) is 0 Å². The topological polar surface area (TPSA) is 103 Å². The van der Waals surface area contributed by atoms with Crippen LogP contribution >= 0.6 is 15.9 Å². The molecule has 1 aliphatic carbocycles. The molecular weight excluding hydrogens is 468 g/mol. The van der Waals surface area contributed by atoms with Crippen LogP contribution in [0.15, 0.2) is 40.9 Å². The number of ether oxygens (including phenoxy) is 3. The van der Waals surface area contributed by atoms with Crippen LogP contribution in [0.2, 0.25) is 0 Å². The van der Waals surface area contributed by atoms with Gasteiger partial charge in [-0.2, -0.15) is 0 Å². The minimum atomic E-state index is -0.776. The first kappa shape index (κ1) is 22.6. The third-order valence-corrected chi connectivity index (χ3v) is 5.62. The summed E-state index contributed by atoms with van der Waals surface area (Å²) in [5, 5.41) is 5.42. The van der Waals surface area contributed by atoms with Crippen molar-refractivity contribution >= 4 is 45.1 Å². The molecule has 2 amide bonds. The summed E-state index contributed by atoms with van der Waals surface area (Å²) in [4.78, 5) is 37.3. The van der Waals surface area contributed by atoms with Gasteiger partial charge < -0.3 is 24.8 Å². The quantitative estimate of drug-likeness (QED) is 0.544. The fourth-order valence-electron chi connectivity index (χ4n) is 3.02. The van der Waals surface area contributed by atoms with Crippen LogP contribution in [0.1, 0.15) is 23.7 Å². The van der Waals surface area contributed by atoms with Crippen molar-refractivity contribution in [1.82, 2.24) is 0 Å². The first-order chi connectivity index (χ1) is 14.8. The number of rotatable bonds is 8. The van der Waals surface area contributed by atoms with Gasteiger partial charge in [-0.3, -0.25) is 9.59 Å². The molecule has 2 aromatic rings. The Morgan fingerprint density at radius 3 is 2.29 bits per heavy atom. The number of hydrogen-bond acceptors (Lipinski definition) is 6. The molecule has 1 aliphatic rings. The number of benzene rings is 2. The summed E-state index contributed by atoms with van der Waals surface area (Å²) in [5.41, 5.74) is 0.854. The van der Waals surface area contributed by atoms with E-state index in [1.54, 1.807) is 18.2 Å². The van der Waals surface area contributed by atoms with Crippen LogP contribution in [0.25, 0.3) is 0 Å². The van der Waals surface area contributed by atoms with Gasteiger partial charge >= 0.3 is 5.97 Å². The van der Waals surface area contributed by atoms with Crippen molar-refractivity contribution in [3.8, 4) is 11.5 Å². The van der Waals surface area contributed by atoms with Gasteiger partial charge in [0.05, 0.1) is 31.2 Å². The summed E-state index contributed by atoms with van der Waals surface area (Å²) < 4.78 is 16.4.